The molecule has 1 N–H and O–H groups in total. The third-order valence-electron chi connectivity index (χ3n) is 4.72. The van der Waals surface area contributed by atoms with Crippen molar-refractivity contribution in [1.82, 2.24) is 25.5 Å². The van der Waals surface area contributed by atoms with E-state index in [4.69, 9.17) is 9.47 Å². The molecule has 0 unspecified atom stereocenters. The lowest BCUT2D eigenvalue weighted by atomic mass is 9.96. The normalized spacial score (nSPS) is 15.4. The first kappa shape index (κ1) is 18.0. The van der Waals surface area contributed by atoms with Gasteiger partial charge in [-0.1, -0.05) is 18.2 Å². The average molecular weight is 379 g/mol. The Labute approximate surface area is 162 Å². The molecule has 0 spiro atoms. The maximum Gasteiger partial charge on any atom is 0.251 e. The number of ether oxygens (including phenoxy) is 2. The molecule has 3 aromatic rings. The van der Waals surface area contributed by atoms with E-state index in [-0.39, 0.29) is 11.8 Å². The van der Waals surface area contributed by atoms with Crippen LogP contribution >= 0.6 is 0 Å². The van der Waals surface area contributed by atoms with E-state index in [0.717, 1.165) is 29.0 Å². The van der Waals surface area contributed by atoms with Gasteiger partial charge in [-0.3, -0.25) is 4.79 Å². The summed E-state index contributed by atoms with van der Waals surface area (Å²) in [5.74, 6) is 2.29. The minimum absolute atomic E-state index is 0.112. The second-order valence-corrected chi connectivity index (χ2v) is 6.74. The van der Waals surface area contributed by atoms with Crippen molar-refractivity contribution in [3.63, 3.8) is 0 Å². The highest BCUT2D eigenvalue weighted by Gasteiger charge is 2.21. The molecule has 8 heteroatoms. The maximum atomic E-state index is 12.5. The minimum Gasteiger partial charge on any atom is -0.497 e. The van der Waals surface area contributed by atoms with Crippen LogP contribution in [0.3, 0.4) is 0 Å². The second kappa shape index (κ2) is 7.67. The molecule has 1 aliphatic heterocycles. The predicted molar refractivity (Wildman–Crippen MR) is 102 cm³/mol. The SMILES string of the molecule is COc1ccc2c(c1)OC[C@@H](CNC(=O)c1ccc(-c3nnn(C)n3)cc1)C2. The number of methoxy groups -OCH3 is 1. The molecule has 0 saturated carbocycles. The Kier molecular flexibility index (Phi) is 4.92. The number of benzene rings is 2. The van der Waals surface area contributed by atoms with Gasteiger partial charge in [0, 0.05) is 29.7 Å². The third-order valence-corrected chi connectivity index (χ3v) is 4.72. The van der Waals surface area contributed by atoms with Gasteiger partial charge in [-0.2, -0.15) is 4.80 Å². The molecule has 2 heterocycles. The van der Waals surface area contributed by atoms with Crippen molar-refractivity contribution in [2.45, 2.75) is 6.42 Å². The van der Waals surface area contributed by atoms with Crippen molar-refractivity contribution in [1.29, 1.82) is 0 Å². The lowest BCUT2D eigenvalue weighted by molar-refractivity contribution is 0.0939. The van der Waals surface area contributed by atoms with E-state index < -0.39 is 0 Å². The number of tetrazole rings is 1. The van der Waals surface area contributed by atoms with Gasteiger partial charge >= 0.3 is 0 Å². The zero-order chi connectivity index (χ0) is 19.5. The molecule has 28 heavy (non-hydrogen) atoms. The molecule has 0 saturated heterocycles. The van der Waals surface area contributed by atoms with Crippen LogP contribution in [-0.4, -0.2) is 46.4 Å². The van der Waals surface area contributed by atoms with E-state index in [1.165, 1.54) is 4.80 Å². The number of carbonyl (C=O) groups excluding carboxylic acids is 1. The fraction of sp³-hybridized carbons (Fsp3) is 0.300. The second-order valence-electron chi connectivity index (χ2n) is 6.74. The van der Waals surface area contributed by atoms with Crippen molar-refractivity contribution in [3.8, 4) is 22.9 Å². The smallest absolute Gasteiger partial charge is 0.251 e. The predicted octanol–water partition coefficient (Wildman–Crippen LogP) is 1.87. The van der Waals surface area contributed by atoms with Crippen LogP contribution in [0.4, 0.5) is 0 Å². The topological polar surface area (TPSA) is 91.2 Å². The molecule has 144 valence electrons. The molecule has 0 aliphatic carbocycles. The van der Waals surface area contributed by atoms with Gasteiger partial charge < -0.3 is 14.8 Å². The van der Waals surface area contributed by atoms with Gasteiger partial charge in [0.2, 0.25) is 5.82 Å². The van der Waals surface area contributed by atoms with Crippen molar-refractivity contribution >= 4 is 5.91 Å². The third kappa shape index (κ3) is 3.80. The van der Waals surface area contributed by atoms with Crippen molar-refractivity contribution in [2.75, 3.05) is 20.3 Å². The summed E-state index contributed by atoms with van der Waals surface area (Å²) in [6, 6.07) is 13.0. The fourth-order valence-corrected chi connectivity index (χ4v) is 3.18. The molecular formula is C20H21N5O3. The van der Waals surface area contributed by atoms with Crippen LogP contribution in [0.25, 0.3) is 11.4 Å². The summed E-state index contributed by atoms with van der Waals surface area (Å²) in [6.07, 6.45) is 0.858. The summed E-state index contributed by atoms with van der Waals surface area (Å²) in [6.45, 7) is 1.12. The van der Waals surface area contributed by atoms with Crippen molar-refractivity contribution < 1.29 is 14.3 Å². The minimum atomic E-state index is -0.112. The Morgan fingerprint density at radius 3 is 2.82 bits per heavy atom. The molecule has 1 aliphatic rings. The first-order chi connectivity index (χ1) is 13.6. The number of rotatable bonds is 5. The molecule has 2 aromatic carbocycles. The fourth-order valence-electron chi connectivity index (χ4n) is 3.18. The van der Waals surface area contributed by atoms with E-state index in [0.29, 0.717) is 24.5 Å². The van der Waals surface area contributed by atoms with E-state index in [1.54, 1.807) is 26.3 Å². The number of nitrogens with one attached hydrogen (secondary N) is 1. The molecule has 1 atom stereocenters. The van der Waals surface area contributed by atoms with Gasteiger partial charge in [-0.25, -0.2) is 0 Å². The average Bonchev–Trinajstić information content (AvgIpc) is 3.18. The van der Waals surface area contributed by atoms with Crippen LogP contribution in [0.1, 0.15) is 15.9 Å². The lowest BCUT2D eigenvalue weighted by Gasteiger charge is -2.25. The zero-order valence-electron chi connectivity index (χ0n) is 15.8. The molecule has 1 amide bonds. The molecule has 0 fully saturated rings. The monoisotopic (exact) mass is 379 g/mol. The summed E-state index contributed by atoms with van der Waals surface area (Å²) in [4.78, 5) is 13.9. The Hall–Kier alpha value is -3.42. The quantitative estimate of drug-likeness (QED) is 0.728. The van der Waals surface area contributed by atoms with E-state index in [1.807, 2.05) is 30.3 Å². The van der Waals surface area contributed by atoms with Crippen molar-refractivity contribution in [2.24, 2.45) is 13.0 Å². The van der Waals surface area contributed by atoms with Crippen LogP contribution in [-0.2, 0) is 13.5 Å². The van der Waals surface area contributed by atoms with Gasteiger partial charge in [-0.05, 0) is 35.4 Å². The highest BCUT2D eigenvalue weighted by atomic mass is 16.5. The number of amides is 1. The standard InChI is InChI=1S/C20H21N5O3/c1-25-23-19(22-24-25)14-3-5-15(6-4-14)20(26)21-11-13-9-16-7-8-17(27-2)10-18(16)28-12-13/h3-8,10,13H,9,11-12H2,1-2H3,(H,21,26)/t13-/m1/s1. The summed E-state index contributed by atoms with van der Waals surface area (Å²) >= 11 is 0. The van der Waals surface area contributed by atoms with E-state index in [2.05, 4.69) is 20.7 Å². The van der Waals surface area contributed by atoms with Gasteiger partial charge in [0.15, 0.2) is 0 Å². The number of hydrogen-bond acceptors (Lipinski definition) is 6. The summed E-state index contributed by atoms with van der Waals surface area (Å²) in [5.41, 5.74) is 2.54. The first-order valence-electron chi connectivity index (χ1n) is 9.04. The summed E-state index contributed by atoms with van der Waals surface area (Å²) in [7, 11) is 3.35. The maximum absolute atomic E-state index is 12.5. The molecule has 8 nitrogen and oxygen atoms in total. The highest BCUT2D eigenvalue weighted by Crippen LogP contribution is 2.30. The molecule has 0 bridgehead atoms. The number of fused-ring (bicyclic) bond motifs is 1. The lowest BCUT2D eigenvalue weighted by Crippen LogP contribution is -2.34. The number of aromatic nitrogens is 4. The first-order valence-corrected chi connectivity index (χ1v) is 9.04. The molecular weight excluding hydrogens is 358 g/mol. The molecule has 4 rings (SSSR count). The van der Waals surface area contributed by atoms with Gasteiger partial charge in [0.1, 0.15) is 11.5 Å². The Morgan fingerprint density at radius 1 is 1.29 bits per heavy atom. The largest absolute Gasteiger partial charge is 0.497 e. The van der Waals surface area contributed by atoms with E-state index >= 15 is 0 Å². The Bertz CT molecular complexity index is 984. The van der Waals surface area contributed by atoms with Crippen LogP contribution in [0.15, 0.2) is 42.5 Å². The van der Waals surface area contributed by atoms with E-state index in [9.17, 15) is 4.79 Å². The number of nitrogens with zero attached hydrogens (tertiary/aromatic N) is 4. The summed E-state index contributed by atoms with van der Waals surface area (Å²) < 4.78 is 11.1. The van der Waals surface area contributed by atoms with Gasteiger partial charge in [0.25, 0.3) is 5.91 Å². The van der Waals surface area contributed by atoms with Crippen LogP contribution in [0, 0.1) is 5.92 Å². The Morgan fingerprint density at radius 2 is 2.11 bits per heavy atom. The molecule has 0 radical (unpaired) electrons. The van der Waals surface area contributed by atoms with Gasteiger partial charge in [-0.15, -0.1) is 10.2 Å². The van der Waals surface area contributed by atoms with Crippen LogP contribution < -0.4 is 14.8 Å². The van der Waals surface area contributed by atoms with Crippen LogP contribution in [0.2, 0.25) is 0 Å². The van der Waals surface area contributed by atoms with Crippen LogP contribution in [0.5, 0.6) is 11.5 Å². The number of carbonyl (C=O) groups is 1. The molecule has 1 aromatic heterocycles. The van der Waals surface area contributed by atoms with Crippen molar-refractivity contribution in [3.05, 3.63) is 53.6 Å². The van der Waals surface area contributed by atoms with Gasteiger partial charge in [0.05, 0.1) is 20.8 Å². The highest BCUT2D eigenvalue weighted by molar-refractivity contribution is 5.94. The zero-order valence-corrected chi connectivity index (χ0v) is 15.8. The number of hydrogen-bond donors (Lipinski definition) is 1. The number of aryl methyl sites for hydroxylation is 1. The Balaban J connectivity index is 1.34. The summed E-state index contributed by atoms with van der Waals surface area (Å²) in [5, 5.41) is 14.9.